The number of aromatic nitrogens is 2. The first-order valence-electron chi connectivity index (χ1n) is 13.4. The summed E-state index contributed by atoms with van der Waals surface area (Å²) in [6, 6.07) is 5.96. The number of piperazine rings is 1. The van der Waals surface area contributed by atoms with E-state index in [1.165, 1.54) is 34.5 Å². The van der Waals surface area contributed by atoms with E-state index in [0.29, 0.717) is 5.56 Å². The summed E-state index contributed by atoms with van der Waals surface area (Å²) in [5.41, 5.74) is 0.0624. The van der Waals surface area contributed by atoms with Crippen molar-refractivity contribution >= 4 is 35.1 Å². The third-order valence-electron chi connectivity index (χ3n) is 7.14. The molecular weight excluding hydrogens is 554 g/mol. The number of rotatable bonds is 9. The smallest absolute Gasteiger partial charge is 0.414 e. The van der Waals surface area contributed by atoms with Crippen LogP contribution in [0, 0.1) is 11.6 Å². The summed E-state index contributed by atoms with van der Waals surface area (Å²) in [4.78, 5) is 57.8. The van der Waals surface area contributed by atoms with Gasteiger partial charge in [-0.3, -0.25) is 24.3 Å². The highest BCUT2D eigenvalue weighted by atomic mass is 19.1. The Morgan fingerprint density at radius 1 is 1.10 bits per heavy atom. The Labute approximate surface area is 239 Å². The van der Waals surface area contributed by atoms with E-state index in [1.807, 2.05) is 0 Å². The van der Waals surface area contributed by atoms with Gasteiger partial charge in [0.15, 0.2) is 11.6 Å². The minimum absolute atomic E-state index is 0.00481. The predicted molar refractivity (Wildman–Crippen MR) is 144 cm³/mol. The highest BCUT2D eigenvalue weighted by molar-refractivity contribution is 5.97. The Morgan fingerprint density at radius 3 is 2.48 bits per heavy atom. The summed E-state index contributed by atoms with van der Waals surface area (Å²) in [6.07, 6.45) is 3.13. The van der Waals surface area contributed by atoms with Gasteiger partial charge < -0.3 is 24.4 Å². The molecule has 0 bridgehead atoms. The first kappa shape index (κ1) is 28.6. The zero-order chi connectivity index (χ0) is 29.8. The summed E-state index contributed by atoms with van der Waals surface area (Å²) in [5, 5.41) is 6.13. The van der Waals surface area contributed by atoms with Gasteiger partial charge in [-0.05, 0) is 25.5 Å². The fraction of sp³-hybridized carbons (Fsp3) is 0.357. The first-order chi connectivity index (χ1) is 20.2. The number of nitrogens with zero attached hydrogens (tertiary/aromatic N) is 5. The number of hydrogen-bond donors (Lipinski definition) is 1. The van der Waals surface area contributed by atoms with Crippen molar-refractivity contribution in [2.75, 3.05) is 42.5 Å². The van der Waals surface area contributed by atoms with Crippen LogP contribution in [-0.2, 0) is 9.53 Å². The van der Waals surface area contributed by atoms with Crippen LogP contribution in [0.5, 0.6) is 0 Å². The lowest BCUT2D eigenvalue weighted by Gasteiger charge is -2.37. The molecule has 2 saturated heterocycles. The molecule has 2 aromatic heterocycles. The largest absolute Gasteiger partial charge is 0.444 e. The third kappa shape index (κ3) is 6.21. The number of amides is 3. The van der Waals surface area contributed by atoms with Crippen LogP contribution < -0.4 is 15.1 Å². The number of pyridine rings is 1. The highest BCUT2D eigenvalue weighted by Gasteiger charge is 2.35. The summed E-state index contributed by atoms with van der Waals surface area (Å²) in [6.45, 7) is 2.31. The summed E-state index contributed by atoms with van der Waals surface area (Å²) >= 11 is 0. The van der Waals surface area contributed by atoms with Crippen LogP contribution in [0.2, 0.25) is 0 Å². The van der Waals surface area contributed by atoms with E-state index >= 15 is 8.78 Å². The molecule has 4 heterocycles. The van der Waals surface area contributed by atoms with E-state index in [9.17, 15) is 19.2 Å². The second-order valence-electron chi connectivity index (χ2n) is 9.96. The van der Waals surface area contributed by atoms with Crippen LogP contribution in [0.1, 0.15) is 40.7 Å². The van der Waals surface area contributed by atoms with Gasteiger partial charge in [-0.15, -0.1) is 0 Å². The number of cyclic esters (lactones) is 1. The molecule has 2 fully saturated rings. The van der Waals surface area contributed by atoms with Crippen LogP contribution in [-0.4, -0.2) is 83.6 Å². The number of nitrogens with one attached hydrogen (secondary N) is 1. The van der Waals surface area contributed by atoms with Gasteiger partial charge in [0.25, 0.3) is 5.91 Å². The summed E-state index contributed by atoms with van der Waals surface area (Å²) in [5.74, 6) is -2.66. The molecule has 3 amide bonds. The minimum Gasteiger partial charge on any atom is -0.444 e. The molecule has 42 heavy (non-hydrogen) atoms. The summed E-state index contributed by atoms with van der Waals surface area (Å²) < 4.78 is 40.6. The van der Waals surface area contributed by atoms with Gasteiger partial charge in [0, 0.05) is 63.2 Å². The van der Waals surface area contributed by atoms with Gasteiger partial charge >= 0.3 is 6.09 Å². The normalized spacial score (nSPS) is 17.6. The van der Waals surface area contributed by atoms with Gasteiger partial charge in [-0.1, -0.05) is 5.16 Å². The summed E-state index contributed by atoms with van der Waals surface area (Å²) in [7, 11) is 0. The number of carbonyl (C=O) groups excluding carboxylic acids is 4. The second-order valence-corrected chi connectivity index (χ2v) is 9.96. The Morgan fingerprint density at radius 2 is 1.83 bits per heavy atom. The van der Waals surface area contributed by atoms with E-state index in [0.717, 1.165) is 17.0 Å². The van der Waals surface area contributed by atoms with Gasteiger partial charge in [0.2, 0.25) is 17.5 Å². The molecule has 2 aliphatic rings. The number of ketones is 1. The van der Waals surface area contributed by atoms with Crippen molar-refractivity contribution in [2.45, 2.75) is 31.9 Å². The number of benzene rings is 1. The maximum atomic E-state index is 15.2. The van der Waals surface area contributed by atoms with E-state index in [2.05, 4.69) is 15.5 Å². The molecule has 220 valence electrons. The average Bonchev–Trinajstić information content (AvgIpc) is 3.66. The van der Waals surface area contributed by atoms with Gasteiger partial charge in [-0.2, -0.15) is 0 Å². The van der Waals surface area contributed by atoms with Crippen LogP contribution in [0.15, 0.2) is 53.4 Å². The van der Waals surface area contributed by atoms with Crippen LogP contribution >= 0.6 is 0 Å². The third-order valence-corrected chi connectivity index (χ3v) is 7.14. The monoisotopic (exact) mass is 582 g/mol. The number of halogens is 2. The SMILES string of the molecule is C[C@H](NC(=O)c1cccnc1)C(=O)N1CCN(c2c(F)cc(N3C[C@H](CCC(=O)c4ccno4)OC3=O)cc2F)CC1. The lowest BCUT2D eigenvalue weighted by Crippen LogP contribution is -2.54. The lowest BCUT2D eigenvalue weighted by molar-refractivity contribution is -0.133. The Hall–Kier alpha value is -4.88. The van der Waals surface area contributed by atoms with Crippen molar-refractivity contribution in [3.63, 3.8) is 0 Å². The molecule has 0 unspecified atom stereocenters. The molecule has 0 saturated carbocycles. The first-order valence-corrected chi connectivity index (χ1v) is 13.4. The van der Waals surface area contributed by atoms with Crippen LogP contribution in [0.25, 0.3) is 0 Å². The van der Waals surface area contributed by atoms with Crippen LogP contribution in [0.4, 0.5) is 25.0 Å². The van der Waals surface area contributed by atoms with Gasteiger partial charge in [-0.25, -0.2) is 13.6 Å². The lowest BCUT2D eigenvalue weighted by atomic mass is 10.1. The van der Waals surface area contributed by atoms with Crippen molar-refractivity contribution in [3.8, 4) is 0 Å². The molecule has 12 nitrogen and oxygen atoms in total. The molecule has 0 aliphatic carbocycles. The average molecular weight is 583 g/mol. The molecule has 14 heteroatoms. The molecule has 0 spiro atoms. The zero-order valence-electron chi connectivity index (χ0n) is 22.7. The van der Waals surface area contributed by atoms with E-state index in [-0.39, 0.29) is 74.4 Å². The number of Topliss-reactive ketones (excluding diaryl/α,β-unsaturated/α-hetero) is 1. The van der Waals surface area contributed by atoms with Crippen LogP contribution in [0.3, 0.4) is 0 Å². The Kier molecular flexibility index (Phi) is 8.41. The number of ether oxygens (including phenoxy) is 1. The van der Waals surface area contributed by atoms with Gasteiger partial charge in [0.1, 0.15) is 17.8 Å². The standard InChI is InChI=1S/C28H28F2N6O6/c1-17(33-26(38)18-3-2-7-31-15-18)27(39)35-11-9-34(10-12-35)25-21(29)13-19(14-22(25)30)36-16-20(41-28(36)40)4-5-23(37)24-6-8-32-42-24/h2-3,6-8,13-15,17,20H,4-5,9-12,16H2,1H3,(H,33,38)/t17-,20-/m0/s1. The Balaban J connectivity index is 1.16. The fourth-order valence-electron chi connectivity index (χ4n) is 4.93. The van der Waals surface area contributed by atoms with Crippen molar-refractivity contribution in [1.29, 1.82) is 0 Å². The maximum Gasteiger partial charge on any atom is 0.414 e. The molecule has 5 rings (SSSR count). The topological polar surface area (TPSA) is 138 Å². The predicted octanol–water partition coefficient (Wildman–Crippen LogP) is 2.80. The quantitative estimate of drug-likeness (QED) is 0.378. The molecule has 2 aliphatic heterocycles. The molecule has 1 N–H and O–H groups in total. The zero-order valence-corrected chi connectivity index (χ0v) is 22.7. The highest BCUT2D eigenvalue weighted by Crippen LogP contribution is 2.32. The molecular formula is C28H28F2N6O6. The second kappa shape index (κ2) is 12.3. The Bertz CT molecular complexity index is 1440. The van der Waals surface area contributed by atoms with E-state index < -0.39 is 35.8 Å². The maximum absolute atomic E-state index is 15.2. The molecule has 0 radical (unpaired) electrons. The van der Waals surface area contributed by atoms with Crippen molar-refractivity contribution in [1.82, 2.24) is 20.4 Å². The van der Waals surface area contributed by atoms with Gasteiger partial charge in [0.05, 0.1) is 24.0 Å². The number of anilines is 2. The fourth-order valence-corrected chi connectivity index (χ4v) is 4.93. The molecule has 3 aromatic rings. The van der Waals surface area contributed by atoms with Crippen molar-refractivity contribution in [3.05, 3.63) is 71.9 Å². The number of hydrogen-bond acceptors (Lipinski definition) is 9. The van der Waals surface area contributed by atoms with E-state index in [4.69, 9.17) is 9.26 Å². The molecule has 2 atom stereocenters. The molecule has 1 aromatic carbocycles. The minimum atomic E-state index is -0.862. The van der Waals surface area contributed by atoms with E-state index in [1.54, 1.807) is 19.1 Å². The van der Waals surface area contributed by atoms with Crippen molar-refractivity contribution in [2.24, 2.45) is 0 Å². The van der Waals surface area contributed by atoms with Crippen molar-refractivity contribution < 1.29 is 37.2 Å². The number of carbonyl (C=O) groups is 4.